The van der Waals surface area contributed by atoms with Gasteiger partial charge in [-0.1, -0.05) is 30.1 Å². The van der Waals surface area contributed by atoms with Gasteiger partial charge in [-0.2, -0.15) is 0 Å². The summed E-state index contributed by atoms with van der Waals surface area (Å²) in [6.07, 6.45) is 0.247. The van der Waals surface area contributed by atoms with E-state index in [4.69, 9.17) is 23.2 Å². The summed E-state index contributed by atoms with van der Waals surface area (Å²) in [4.78, 5) is 25.6. The van der Waals surface area contributed by atoms with Gasteiger partial charge in [-0.3, -0.25) is 9.59 Å². The van der Waals surface area contributed by atoms with Crippen molar-refractivity contribution in [3.05, 3.63) is 33.8 Å². The van der Waals surface area contributed by atoms with Crippen molar-refractivity contribution in [3.63, 3.8) is 0 Å². The Hall–Kier alpha value is -1.30. The molecule has 1 aromatic carbocycles. The SMILES string of the molecule is CC1CCN(C(=O)CNC(=O)c2ccc(Cl)c(Cl)c2)CC1O. The van der Waals surface area contributed by atoms with Crippen LogP contribution in [0.25, 0.3) is 0 Å². The van der Waals surface area contributed by atoms with Crippen molar-refractivity contribution in [2.24, 2.45) is 5.92 Å². The minimum Gasteiger partial charge on any atom is -0.391 e. The maximum Gasteiger partial charge on any atom is 0.251 e. The van der Waals surface area contributed by atoms with E-state index in [2.05, 4.69) is 5.32 Å². The lowest BCUT2D eigenvalue weighted by Gasteiger charge is -2.34. The molecule has 0 spiro atoms. The first-order valence-corrected chi connectivity index (χ1v) is 7.83. The second kappa shape index (κ2) is 7.31. The zero-order valence-corrected chi connectivity index (χ0v) is 13.7. The average Bonchev–Trinajstić information content (AvgIpc) is 2.50. The maximum atomic E-state index is 12.1. The highest BCUT2D eigenvalue weighted by atomic mass is 35.5. The van der Waals surface area contributed by atoms with Gasteiger partial charge in [0.05, 0.1) is 22.7 Å². The minimum atomic E-state index is -0.511. The van der Waals surface area contributed by atoms with E-state index in [9.17, 15) is 14.7 Å². The lowest BCUT2D eigenvalue weighted by atomic mass is 9.96. The maximum absolute atomic E-state index is 12.1. The zero-order valence-electron chi connectivity index (χ0n) is 12.2. The number of hydrogen-bond donors (Lipinski definition) is 2. The molecule has 2 rings (SSSR count). The van der Waals surface area contributed by atoms with E-state index in [0.29, 0.717) is 23.7 Å². The van der Waals surface area contributed by atoms with Crippen LogP contribution >= 0.6 is 23.2 Å². The number of β-amino-alcohol motifs (C(OH)–C–C–N with tert-alkyl or cyclic N) is 1. The van der Waals surface area contributed by atoms with E-state index in [1.807, 2.05) is 6.92 Å². The fourth-order valence-electron chi connectivity index (χ4n) is 2.28. The summed E-state index contributed by atoms with van der Waals surface area (Å²) in [6.45, 7) is 2.75. The number of nitrogens with zero attached hydrogens (tertiary/aromatic N) is 1. The van der Waals surface area contributed by atoms with Crippen molar-refractivity contribution in [2.75, 3.05) is 19.6 Å². The number of halogens is 2. The number of rotatable bonds is 3. The molecule has 1 fully saturated rings. The Morgan fingerprint density at radius 1 is 1.36 bits per heavy atom. The molecular weight excluding hydrogens is 327 g/mol. The van der Waals surface area contributed by atoms with Crippen molar-refractivity contribution in [1.29, 1.82) is 0 Å². The highest BCUT2D eigenvalue weighted by molar-refractivity contribution is 6.42. The third-order valence-corrected chi connectivity index (χ3v) is 4.59. The van der Waals surface area contributed by atoms with Gasteiger partial charge in [0, 0.05) is 18.7 Å². The molecule has 2 amide bonds. The molecule has 7 heteroatoms. The smallest absolute Gasteiger partial charge is 0.251 e. The van der Waals surface area contributed by atoms with E-state index in [1.54, 1.807) is 11.0 Å². The highest BCUT2D eigenvalue weighted by Crippen LogP contribution is 2.22. The quantitative estimate of drug-likeness (QED) is 0.880. The van der Waals surface area contributed by atoms with Gasteiger partial charge in [-0.05, 0) is 30.5 Å². The number of aliphatic hydroxyl groups excluding tert-OH is 1. The van der Waals surface area contributed by atoms with Crippen LogP contribution in [0.15, 0.2) is 18.2 Å². The normalized spacial score (nSPS) is 21.5. The number of likely N-dealkylation sites (tertiary alicyclic amines) is 1. The standard InChI is InChI=1S/C15H18Cl2N2O3/c1-9-4-5-19(8-13(9)20)14(21)7-18-15(22)10-2-3-11(16)12(17)6-10/h2-3,6,9,13,20H,4-5,7-8H2,1H3,(H,18,22). The summed E-state index contributed by atoms with van der Waals surface area (Å²) in [5.41, 5.74) is 0.342. The minimum absolute atomic E-state index is 0.111. The molecule has 5 nitrogen and oxygen atoms in total. The monoisotopic (exact) mass is 344 g/mol. The van der Waals surface area contributed by atoms with Crippen molar-refractivity contribution in [3.8, 4) is 0 Å². The van der Waals surface area contributed by atoms with Crippen molar-refractivity contribution in [1.82, 2.24) is 10.2 Å². The third kappa shape index (κ3) is 4.12. The van der Waals surface area contributed by atoms with Crippen LogP contribution in [0, 0.1) is 5.92 Å². The van der Waals surface area contributed by atoms with Crippen molar-refractivity contribution >= 4 is 35.0 Å². The van der Waals surface area contributed by atoms with Gasteiger partial charge in [-0.15, -0.1) is 0 Å². The number of aliphatic hydroxyl groups is 1. The van der Waals surface area contributed by atoms with Gasteiger partial charge in [0.25, 0.3) is 5.91 Å². The molecule has 120 valence electrons. The Morgan fingerprint density at radius 2 is 2.09 bits per heavy atom. The summed E-state index contributed by atoms with van der Waals surface area (Å²) in [5, 5.41) is 13.0. The van der Waals surface area contributed by atoms with Crippen LogP contribution in [0.3, 0.4) is 0 Å². The van der Waals surface area contributed by atoms with Crippen LogP contribution in [0.5, 0.6) is 0 Å². The van der Waals surface area contributed by atoms with Gasteiger partial charge in [-0.25, -0.2) is 0 Å². The molecule has 0 bridgehead atoms. The van der Waals surface area contributed by atoms with E-state index >= 15 is 0 Å². The van der Waals surface area contributed by atoms with Crippen LogP contribution in [-0.4, -0.2) is 47.6 Å². The number of piperidine rings is 1. The molecule has 1 aliphatic rings. The predicted octanol–water partition coefficient (Wildman–Crippen LogP) is 1.95. The number of benzene rings is 1. The fourth-order valence-corrected chi connectivity index (χ4v) is 2.58. The Labute approximate surface area is 139 Å². The Balaban J connectivity index is 1.88. The van der Waals surface area contributed by atoms with E-state index in [0.717, 1.165) is 6.42 Å². The summed E-state index contributed by atoms with van der Waals surface area (Å²) in [6, 6.07) is 4.53. The molecule has 2 N–H and O–H groups in total. The average molecular weight is 345 g/mol. The number of amides is 2. The molecule has 2 atom stereocenters. The van der Waals surface area contributed by atoms with Gasteiger partial charge >= 0.3 is 0 Å². The largest absolute Gasteiger partial charge is 0.391 e. The van der Waals surface area contributed by atoms with Crippen LogP contribution in [0.1, 0.15) is 23.7 Å². The molecule has 1 aliphatic heterocycles. The first-order valence-electron chi connectivity index (χ1n) is 7.07. The van der Waals surface area contributed by atoms with Crippen molar-refractivity contribution < 1.29 is 14.7 Å². The number of carbonyl (C=O) groups is 2. The first kappa shape index (κ1) is 17.1. The zero-order chi connectivity index (χ0) is 16.3. The highest BCUT2D eigenvalue weighted by Gasteiger charge is 2.27. The molecule has 1 saturated heterocycles. The fraction of sp³-hybridized carbons (Fsp3) is 0.467. The van der Waals surface area contributed by atoms with Crippen LogP contribution in [-0.2, 0) is 4.79 Å². The summed E-state index contributed by atoms with van der Waals surface area (Å²) < 4.78 is 0. The molecule has 1 aromatic rings. The number of hydrogen-bond acceptors (Lipinski definition) is 3. The Morgan fingerprint density at radius 3 is 2.73 bits per heavy atom. The molecule has 22 heavy (non-hydrogen) atoms. The second-order valence-corrected chi connectivity index (χ2v) is 6.30. The molecule has 0 saturated carbocycles. The topological polar surface area (TPSA) is 69.6 Å². The second-order valence-electron chi connectivity index (χ2n) is 5.48. The number of nitrogens with one attached hydrogen (secondary N) is 1. The lowest BCUT2D eigenvalue weighted by Crippen LogP contribution is -2.49. The van der Waals surface area contributed by atoms with Crippen molar-refractivity contribution in [2.45, 2.75) is 19.4 Å². The Kier molecular flexibility index (Phi) is 5.67. The van der Waals surface area contributed by atoms with Gasteiger partial charge in [0.1, 0.15) is 0 Å². The van der Waals surface area contributed by atoms with E-state index < -0.39 is 12.0 Å². The lowest BCUT2D eigenvalue weighted by molar-refractivity contribution is -0.134. The number of carbonyl (C=O) groups excluding carboxylic acids is 2. The Bertz CT molecular complexity index is 580. The molecule has 0 aromatic heterocycles. The summed E-state index contributed by atoms with van der Waals surface area (Å²) in [5.74, 6) is -0.410. The first-order chi connectivity index (χ1) is 10.4. The van der Waals surface area contributed by atoms with Gasteiger partial charge < -0.3 is 15.3 Å². The molecule has 2 unspecified atom stereocenters. The van der Waals surface area contributed by atoms with Crippen LogP contribution < -0.4 is 5.32 Å². The molecule has 0 aliphatic carbocycles. The van der Waals surface area contributed by atoms with Gasteiger partial charge in [0.15, 0.2) is 0 Å². The summed E-state index contributed by atoms with van der Waals surface area (Å²) in [7, 11) is 0. The van der Waals surface area contributed by atoms with Crippen LogP contribution in [0.2, 0.25) is 10.0 Å². The van der Waals surface area contributed by atoms with Gasteiger partial charge in [0.2, 0.25) is 5.91 Å². The summed E-state index contributed by atoms with van der Waals surface area (Å²) >= 11 is 11.6. The third-order valence-electron chi connectivity index (χ3n) is 3.85. The molecular formula is C15H18Cl2N2O3. The molecule has 1 heterocycles. The molecule has 0 radical (unpaired) electrons. The van der Waals surface area contributed by atoms with E-state index in [-0.39, 0.29) is 23.4 Å². The predicted molar refractivity (Wildman–Crippen MR) is 85.2 cm³/mol. The van der Waals surface area contributed by atoms with Crippen LogP contribution in [0.4, 0.5) is 0 Å². The van der Waals surface area contributed by atoms with E-state index in [1.165, 1.54) is 12.1 Å².